The molecule has 1 aliphatic heterocycles. The summed E-state index contributed by atoms with van der Waals surface area (Å²) < 4.78 is 38.6. The number of anilines is 2. The number of aromatic nitrogens is 2. The van der Waals surface area contributed by atoms with Gasteiger partial charge < -0.3 is 10.2 Å². The Labute approximate surface area is 157 Å². The lowest BCUT2D eigenvalue weighted by atomic mass is 10.2. The van der Waals surface area contributed by atoms with E-state index in [4.69, 9.17) is 23.2 Å². The number of benzene rings is 1. The minimum Gasteiger partial charge on any atom is -0.329 e. The molecule has 1 atom stereocenters. The molecule has 1 amide bonds. The van der Waals surface area contributed by atoms with Gasteiger partial charge >= 0.3 is 6.18 Å². The van der Waals surface area contributed by atoms with E-state index in [1.165, 1.54) is 11.0 Å². The van der Waals surface area contributed by atoms with E-state index < -0.39 is 23.8 Å². The van der Waals surface area contributed by atoms with Gasteiger partial charge in [0.25, 0.3) is 0 Å². The number of amides is 1. The molecule has 0 bridgehead atoms. The van der Waals surface area contributed by atoms with Crippen LogP contribution in [0.5, 0.6) is 0 Å². The van der Waals surface area contributed by atoms with E-state index >= 15 is 0 Å². The first kappa shape index (κ1) is 18.7. The van der Waals surface area contributed by atoms with Gasteiger partial charge in [0.15, 0.2) is 0 Å². The molecule has 5 nitrogen and oxygen atoms in total. The van der Waals surface area contributed by atoms with Crippen LogP contribution in [0.3, 0.4) is 0 Å². The highest BCUT2D eigenvalue weighted by Gasteiger charge is 2.36. The maximum absolute atomic E-state index is 12.9. The van der Waals surface area contributed by atoms with E-state index in [2.05, 4.69) is 15.3 Å². The first-order valence-electron chi connectivity index (χ1n) is 7.68. The molecule has 0 unspecified atom stereocenters. The maximum Gasteiger partial charge on any atom is 0.433 e. The van der Waals surface area contributed by atoms with Crippen LogP contribution in [0.1, 0.15) is 18.5 Å². The SMILES string of the molecule is O=C(Nc1ccc(Cl)cc1Cl)[C@@H]1CCCN1c1nccc(C(F)(F)F)n1. The van der Waals surface area contributed by atoms with Crippen LogP contribution in [0.2, 0.25) is 10.0 Å². The molecule has 1 aliphatic rings. The van der Waals surface area contributed by atoms with Gasteiger partial charge in [-0.25, -0.2) is 9.97 Å². The van der Waals surface area contributed by atoms with Crippen molar-refractivity contribution in [3.63, 3.8) is 0 Å². The molecule has 10 heteroatoms. The Balaban J connectivity index is 1.81. The summed E-state index contributed by atoms with van der Waals surface area (Å²) in [5, 5.41) is 3.37. The molecule has 2 aromatic rings. The number of hydrogen-bond acceptors (Lipinski definition) is 4. The molecule has 1 fully saturated rings. The van der Waals surface area contributed by atoms with Crippen molar-refractivity contribution < 1.29 is 18.0 Å². The largest absolute Gasteiger partial charge is 0.433 e. The van der Waals surface area contributed by atoms with Crippen LogP contribution in [0, 0.1) is 0 Å². The fourth-order valence-corrected chi connectivity index (χ4v) is 3.19. The van der Waals surface area contributed by atoms with Gasteiger partial charge in [0.2, 0.25) is 11.9 Å². The molecule has 0 saturated carbocycles. The monoisotopic (exact) mass is 404 g/mol. The first-order valence-corrected chi connectivity index (χ1v) is 8.44. The zero-order valence-corrected chi connectivity index (χ0v) is 14.7. The number of nitrogens with zero attached hydrogens (tertiary/aromatic N) is 3. The van der Waals surface area contributed by atoms with Crippen molar-refractivity contribution in [1.29, 1.82) is 0 Å². The van der Waals surface area contributed by atoms with E-state index in [1.807, 2.05) is 0 Å². The topological polar surface area (TPSA) is 58.1 Å². The standard InChI is InChI=1S/C16H13Cl2F3N4O/c17-9-3-4-11(10(18)8-9)23-14(26)12-2-1-7-25(12)15-22-6-5-13(24-15)16(19,20)21/h3-6,8,12H,1-2,7H2,(H,23,26)/t12-/m0/s1. The third-order valence-corrected chi connectivity index (χ3v) is 4.48. The molecule has 1 aromatic heterocycles. The Kier molecular flexibility index (Phi) is 5.24. The number of hydrogen-bond donors (Lipinski definition) is 1. The van der Waals surface area contributed by atoms with Crippen LogP contribution in [0.15, 0.2) is 30.5 Å². The number of carbonyl (C=O) groups is 1. The molecule has 26 heavy (non-hydrogen) atoms. The second-order valence-electron chi connectivity index (χ2n) is 5.70. The predicted octanol–water partition coefficient (Wildman–Crippen LogP) is 4.41. The van der Waals surface area contributed by atoms with E-state index in [-0.39, 0.29) is 11.0 Å². The lowest BCUT2D eigenvalue weighted by Gasteiger charge is -2.24. The van der Waals surface area contributed by atoms with Gasteiger partial charge in [-0.3, -0.25) is 4.79 Å². The lowest BCUT2D eigenvalue weighted by Crippen LogP contribution is -2.40. The third-order valence-electron chi connectivity index (χ3n) is 3.93. The lowest BCUT2D eigenvalue weighted by molar-refractivity contribution is -0.141. The molecule has 138 valence electrons. The molecule has 1 N–H and O–H groups in total. The second-order valence-corrected chi connectivity index (χ2v) is 6.55. The summed E-state index contributed by atoms with van der Waals surface area (Å²) in [6.45, 7) is 0.383. The summed E-state index contributed by atoms with van der Waals surface area (Å²) in [5.74, 6) is -0.521. The fraction of sp³-hybridized carbons (Fsp3) is 0.312. The van der Waals surface area contributed by atoms with Crippen LogP contribution in [-0.2, 0) is 11.0 Å². The van der Waals surface area contributed by atoms with Crippen molar-refractivity contribution in [2.45, 2.75) is 25.1 Å². The van der Waals surface area contributed by atoms with Crippen LogP contribution in [0.4, 0.5) is 24.8 Å². The van der Waals surface area contributed by atoms with Crippen LogP contribution in [0.25, 0.3) is 0 Å². The highest BCUT2D eigenvalue weighted by molar-refractivity contribution is 6.36. The van der Waals surface area contributed by atoms with Crippen LogP contribution in [-0.4, -0.2) is 28.5 Å². The van der Waals surface area contributed by atoms with Crippen molar-refractivity contribution in [1.82, 2.24) is 9.97 Å². The van der Waals surface area contributed by atoms with E-state index in [0.717, 1.165) is 12.3 Å². The van der Waals surface area contributed by atoms with E-state index in [0.29, 0.717) is 30.1 Å². The van der Waals surface area contributed by atoms with Crippen LogP contribution >= 0.6 is 23.2 Å². The van der Waals surface area contributed by atoms with Crippen LogP contribution < -0.4 is 10.2 Å². The molecule has 0 spiro atoms. The molecule has 0 radical (unpaired) electrons. The highest BCUT2D eigenvalue weighted by Crippen LogP contribution is 2.31. The number of nitrogens with one attached hydrogen (secondary N) is 1. The number of alkyl halides is 3. The number of rotatable bonds is 3. The normalized spacial score (nSPS) is 17.4. The second kappa shape index (κ2) is 7.28. The van der Waals surface area contributed by atoms with Crippen molar-refractivity contribution in [3.05, 3.63) is 46.2 Å². The molecule has 0 aliphatic carbocycles. The number of halogens is 5. The smallest absolute Gasteiger partial charge is 0.329 e. The van der Waals surface area contributed by atoms with Gasteiger partial charge in [0, 0.05) is 17.8 Å². The third kappa shape index (κ3) is 4.02. The van der Waals surface area contributed by atoms with Gasteiger partial charge in [-0.1, -0.05) is 23.2 Å². The zero-order chi connectivity index (χ0) is 18.9. The average Bonchev–Trinajstić information content (AvgIpc) is 3.06. The summed E-state index contributed by atoms with van der Waals surface area (Å²) in [6.07, 6.45) is -2.44. The quantitative estimate of drug-likeness (QED) is 0.822. The summed E-state index contributed by atoms with van der Waals surface area (Å²) in [4.78, 5) is 21.5. The van der Waals surface area contributed by atoms with Crippen molar-refractivity contribution in [2.24, 2.45) is 0 Å². The molecular formula is C16H13Cl2F3N4O. The zero-order valence-electron chi connectivity index (χ0n) is 13.2. The molecule has 1 saturated heterocycles. The van der Waals surface area contributed by atoms with E-state index in [9.17, 15) is 18.0 Å². The molecule has 1 aromatic carbocycles. The maximum atomic E-state index is 12.9. The van der Waals surface area contributed by atoms with Crippen molar-refractivity contribution in [3.8, 4) is 0 Å². The Bertz CT molecular complexity index is 831. The Morgan fingerprint density at radius 1 is 1.27 bits per heavy atom. The minimum atomic E-state index is -4.58. The van der Waals surface area contributed by atoms with Crippen molar-refractivity contribution >= 4 is 40.7 Å². The first-order chi connectivity index (χ1) is 12.3. The molecule has 2 heterocycles. The fourth-order valence-electron chi connectivity index (χ4n) is 2.73. The summed E-state index contributed by atoms with van der Waals surface area (Å²) in [6, 6.07) is 4.72. The average molecular weight is 405 g/mol. The molecular weight excluding hydrogens is 392 g/mol. The van der Waals surface area contributed by atoms with Gasteiger partial charge in [-0.2, -0.15) is 13.2 Å². The highest BCUT2D eigenvalue weighted by atomic mass is 35.5. The van der Waals surface area contributed by atoms with E-state index in [1.54, 1.807) is 12.1 Å². The molecule has 3 rings (SSSR count). The van der Waals surface area contributed by atoms with Gasteiger partial charge in [0.05, 0.1) is 10.7 Å². The van der Waals surface area contributed by atoms with Gasteiger partial charge in [-0.15, -0.1) is 0 Å². The Morgan fingerprint density at radius 3 is 2.73 bits per heavy atom. The van der Waals surface area contributed by atoms with Gasteiger partial charge in [-0.05, 0) is 37.1 Å². The Hall–Kier alpha value is -2.06. The summed E-state index contributed by atoms with van der Waals surface area (Å²) >= 11 is 11.9. The minimum absolute atomic E-state index is 0.125. The van der Waals surface area contributed by atoms with Gasteiger partial charge in [0.1, 0.15) is 11.7 Å². The van der Waals surface area contributed by atoms with Crippen molar-refractivity contribution in [2.75, 3.05) is 16.8 Å². The summed E-state index contributed by atoms with van der Waals surface area (Å²) in [5.41, 5.74) is -0.674. The number of carbonyl (C=O) groups excluding carboxylic acids is 1. The Morgan fingerprint density at radius 2 is 2.04 bits per heavy atom. The summed E-state index contributed by atoms with van der Waals surface area (Å²) in [7, 11) is 0. The predicted molar refractivity (Wildman–Crippen MR) is 92.5 cm³/mol.